The van der Waals surface area contributed by atoms with Crippen molar-refractivity contribution in [2.45, 2.75) is 37.7 Å². The molecule has 1 amide bonds. The second-order valence-electron chi connectivity index (χ2n) is 4.87. The molecule has 1 aliphatic carbocycles. The molecule has 0 spiro atoms. The van der Waals surface area contributed by atoms with Crippen LogP contribution in [0.2, 0.25) is 5.02 Å². The fraction of sp³-hybridized carbons (Fsp3) is 0.500. The zero-order chi connectivity index (χ0) is 13.0. The Morgan fingerprint density at radius 2 is 2.11 bits per heavy atom. The quantitative estimate of drug-likeness (QED) is 0.880. The molecule has 0 saturated heterocycles. The molecule has 1 aromatic carbocycles. The summed E-state index contributed by atoms with van der Waals surface area (Å²) in [5.74, 6) is -0.234. The Morgan fingerprint density at radius 1 is 1.39 bits per heavy atom. The van der Waals surface area contributed by atoms with Gasteiger partial charge in [0.05, 0.1) is 0 Å². The molecule has 0 bridgehead atoms. The van der Waals surface area contributed by atoms with E-state index in [4.69, 9.17) is 11.6 Å². The minimum absolute atomic E-state index is 0.234. The van der Waals surface area contributed by atoms with Crippen LogP contribution < -0.4 is 5.32 Å². The Kier molecular flexibility index (Phi) is 4.25. The average molecular weight is 268 g/mol. The molecule has 98 valence electrons. The minimum atomic E-state index is -1.13. The molecule has 2 N–H and O–H groups in total. The lowest BCUT2D eigenvalue weighted by atomic mass is 10.0. The first-order chi connectivity index (χ1) is 8.60. The van der Waals surface area contributed by atoms with Crippen molar-refractivity contribution in [3.8, 4) is 0 Å². The van der Waals surface area contributed by atoms with Gasteiger partial charge in [0.25, 0.3) is 5.91 Å². The van der Waals surface area contributed by atoms with Crippen LogP contribution in [0.5, 0.6) is 0 Å². The summed E-state index contributed by atoms with van der Waals surface area (Å²) in [6.45, 7) is 0.529. The molecule has 2 rings (SSSR count). The van der Waals surface area contributed by atoms with Crippen molar-refractivity contribution in [3.63, 3.8) is 0 Å². The Balaban J connectivity index is 1.80. The van der Waals surface area contributed by atoms with Crippen molar-refractivity contribution in [2.24, 2.45) is 0 Å². The van der Waals surface area contributed by atoms with Crippen LogP contribution in [0.4, 0.5) is 0 Å². The first-order valence-corrected chi connectivity index (χ1v) is 6.73. The van der Waals surface area contributed by atoms with E-state index < -0.39 is 5.60 Å². The lowest BCUT2D eigenvalue weighted by Gasteiger charge is -2.20. The average Bonchev–Trinajstić information content (AvgIpc) is 2.77. The van der Waals surface area contributed by atoms with Gasteiger partial charge in [0.1, 0.15) is 5.60 Å². The van der Waals surface area contributed by atoms with Gasteiger partial charge >= 0.3 is 0 Å². The molecular weight excluding hydrogens is 250 g/mol. The molecule has 0 unspecified atom stereocenters. The van der Waals surface area contributed by atoms with Gasteiger partial charge in [-0.3, -0.25) is 4.79 Å². The van der Waals surface area contributed by atoms with Gasteiger partial charge in [0.15, 0.2) is 0 Å². The van der Waals surface area contributed by atoms with E-state index in [-0.39, 0.29) is 5.91 Å². The number of carbonyl (C=O) groups is 1. The maximum absolute atomic E-state index is 11.8. The van der Waals surface area contributed by atoms with Crippen LogP contribution in [0.3, 0.4) is 0 Å². The van der Waals surface area contributed by atoms with Crippen LogP contribution in [0, 0.1) is 0 Å². The number of amides is 1. The molecule has 3 nitrogen and oxygen atoms in total. The van der Waals surface area contributed by atoms with Gasteiger partial charge in [-0.1, -0.05) is 23.7 Å². The summed E-state index contributed by atoms with van der Waals surface area (Å²) in [6, 6.07) is 7.58. The molecule has 0 atom stereocenters. The maximum Gasteiger partial charge on any atom is 0.251 e. The number of rotatable bonds is 4. The maximum atomic E-state index is 11.8. The molecule has 0 aromatic heterocycles. The van der Waals surface area contributed by atoms with Crippen molar-refractivity contribution >= 4 is 17.5 Å². The van der Waals surface area contributed by atoms with Crippen molar-refractivity contribution in [1.82, 2.24) is 5.32 Å². The van der Waals surface area contributed by atoms with E-state index in [0.29, 0.717) is 24.4 Å². The number of hydrogen-bond acceptors (Lipinski definition) is 2. The van der Waals surface area contributed by atoms with Gasteiger partial charge in [-0.25, -0.2) is 0 Å². The van der Waals surface area contributed by atoms with Gasteiger partial charge in [-0.2, -0.15) is 0 Å². The molecular formula is C14H18ClNO2. The minimum Gasteiger partial charge on any atom is -0.380 e. The lowest BCUT2D eigenvalue weighted by Crippen LogP contribution is -2.45. The van der Waals surface area contributed by atoms with Gasteiger partial charge in [0.2, 0.25) is 0 Å². The number of nitrogens with one attached hydrogen (secondary N) is 1. The standard InChI is InChI=1S/C14H18ClNO2/c15-12-5-3-4-11(10-12)6-9-16-13(17)14(18)7-1-2-8-14/h3-5,10,18H,1-2,6-9H2,(H,16,17). The zero-order valence-corrected chi connectivity index (χ0v) is 11.0. The molecule has 1 saturated carbocycles. The van der Waals surface area contributed by atoms with Crippen LogP contribution in [-0.4, -0.2) is 23.2 Å². The summed E-state index contributed by atoms with van der Waals surface area (Å²) < 4.78 is 0. The largest absolute Gasteiger partial charge is 0.380 e. The van der Waals surface area contributed by atoms with E-state index >= 15 is 0 Å². The number of hydrogen-bond donors (Lipinski definition) is 2. The molecule has 4 heteroatoms. The number of halogens is 1. The van der Waals surface area contributed by atoms with Crippen molar-refractivity contribution in [3.05, 3.63) is 34.9 Å². The highest BCUT2D eigenvalue weighted by molar-refractivity contribution is 6.30. The fourth-order valence-electron chi connectivity index (χ4n) is 2.36. The van der Waals surface area contributed by atoms with E-state index in [1.807, 2.05) is 24.3 Å². The zero-order valence-electron chi connectivity index (χ0n) is 10.3. The molecule has 0 radical (unpaired) electrons. The summed E-state index contributed by atoms with van der Waals surface area (Å²) in [4.78, 5) is 11.8. The molecule has 18 heavy (non-hydrogen) atoms. The van der Waals surface area contributed by atoms with E-state index in [1.54, 1.807) is 0 Å². The van der Waals surface area contributed by atoms with Crippen molar-refractivity contribution < 1.29 is 9.90 Å². The van der Waals surface area contributed by atoms with Gasteiger partial charge in [-0.15, -0.1) is 0 Å². The van der Waals surface area contributed by atoms with Gasteiger partial charge in [-0.05, 0) is 49.8 Å². The Bertz CT molecular complexity index is 428. The van der Waals surface area contributed by atoms with Crippen LogP contribution in [-0.2, 0) is 11.2 Å². The SMILES string of the molecule is O=C(NCCc1cccc(Cl)c1)C1(O)CCCC1. The smallest absolute Gasteiger partial charge is 0.251 e. The second kappa shape index (κ2) is 5.72. The Morgan fingerprint density at radius 3 is 2.78 bits per heavy atom. The predicted octanol–water partition coefficient (Wildman–Crippen LogP) is 2.30. The highest BCUT2D eigenvalue weighted by Gasteiger charge is 2.38. The summed E-state index contributed by atoms with van der Waals surface area (Å²) in [7, 11) is 0. The first-order valence-electron chi connectivity index (χ1n) is 6.35. The second-order valence-corrected chi connectivity index (χ2v) is 5.31. The number of aliphatic hydroxyl groups is 1. The fourth-order valence-corrected chi connectivity index (χ4v) is 2.58. The monoisotopic (exact) mass is 267 g/mol. The summed E-state index contributed by atoms with van der Waals surface area (Å²) in [5.41, 5.74) is -0.0462. The highest BCUT2D eigenvalue weighted by atomic mass is 35.5. The molecule has 0 heterocycles. The lowest BCUT2D eigenvalue weighted by molar-refractivity contribution is -0.139. The normalized spacial score (nSPS) is 17.7. The predicted molar refractivity (Wildman–Crippen MR) is 71.6 cm³/mol. The Hall–Kier alpha value is -1.06. The Labute approximate surface area is 112 Å². The van der Waals surface area contributed by atoms with Crippen LogP contribution in [0.1, 0.15) is 31.2 Å². The molecule has 1 aromatic rings. The molecule has 0 aliphatic heterocycles. The van der Waals surface area contributed by atoms with E-state index in [9.17, 15) is 9.90 Å². The summed E-state index contributed by atoms with van der Waals surface area (Å²) >= 11 is 5.88. The third-order valence-electron chi connectivity index (χ3n) is 3.44. The van der Waals surface area contributed by atoms with Crippen LogP contribution >= 0.6 is 11.6 Å². The van der Waals surface area contributed by atoms with Crippen molar-refractivity contribution in [2.75, 3.05) is 6.54 Å². The van der Waals surface area contributed by atoms with Crippen LogP contribution in [0.25, 0.3) is 0 Å². The third kappa shape index (κ3) is 3.24. The third-order valence-corrected chi connectivity index (χ3v) is 3.68. The topological polar surface area (TPSA) is 49.3 Å². The van der Waals surface area contributed by atoms with E-state index in [2.05, 4.69) is 5.32 Å². The molecule has 1 aliphatic rings. The highest BCUT2D eigenvalue weighted by Crippen LogP contribution is 2.29. The number of benzene rings is 1. The van der Waals surface area contributed by atoms with E-state index in [1.165, 1.54) is 0 Å². The van der Waals surface area contributed by atoms with Gasteiger partial charge in [0, 0.05) is 11.6 Å². The summed E-state index contributed by atoms with van der Waals surface area (Å²) in [5, 5.41) is 13.6. The molecule has 1 fully saturated rings. The van der Waals surface area contributed by atoms with Crippen LogP contribution in [0.15, 0.2) is 24.3 Å². The van der Waals surface area contributed by atoms with Gasteiger partial charge < -0.3 is 10.4 Å². The van der Waals surface area contributed by atoms with Crippen molar-refractivity contribution in [1.29, 1.82) is 0 Å². The summed E-state index contributed by atoms with van der Waals surface area (Å²) in [6.07, 6.45) is 3.74. The number of carbonyl (C=O) groups excluding carboxylic acids is 1. The van der Waals surface area contributed by atoms with E-state index in [0.717, 1.165) is 24.8 Å². The first kappa shape index (κ1) is 13.4.